The normalized spacial score (nSPS) is 10.0. The zero-order valence-corrected chi connectivity index (χ0v) is 8.32. The summed E-state index contributed by atoms with van der Waals surface area (Å²) in [5.41, 5.74) is 0.874. The van der Waals surface area contributed by atoms with Crippen LogP contribution in [0.2, 0.25) is 0 Å². The largest absolute Gasteiger partial charge is 0.254 e. The minimum atomic E-state index is 0.684. The van der Waals surface area contributed by atoms with Crippen LogP contribution in [0.5, 0.6) is 0 Å². The van der Waals surface area contributed by atoms with E-state index in [1.165, 1.54) is 11.3 Å². The average Bonchev–Trinajstić information content (AvgIpc) is 2.44. The summed E-state index contributed by atoms with van der Waals surface area (Å²) in [6, 6.07) is 5.94. The molecule has 2 aromatic heterocycles. The van der Waals surface area contributed by atoms with Crippen LogP contribution in [0.3, 0.4) is 0 Å². The lowest BCUT2D eigenvalue weighted by Crippen LogP contribution is -1.70. The van der Waals surface area contributed by atoms with Crippen LogP contribution < -0.4 is 0 Å². The van der Waals surface area contributed by atoms with Gasteiger partial charge in [0.15, 0.2) is 0 Å². The van der Waals surface area contributed by atoms with Crippen molar-refractivity contribution in [1.29, 1.82) is 5.26 Å². The quantitative estimate of drug-likeness (QED) is 0.708. The third-order valence-corrected chi connectivity index (χ3v) is 3.57. The monoisotopic (exact) mass is 238 g/mol. The molecule has 0 unspecified atom stereocenters. The number of hydrogen-bond donors (Lipinski definition) is 0. The molecule has 0 aliphatic carbocycles. The van der Waals surface area contributed by atoms with Crippen molar-refractivity contribution in [2.24, 2.45) is 0 Å². The number of nitrogens with zero attached hydrogens (tertiary/aromatic N) is 2. The predicted octanol–water partition coefficient (Wildman–Crippen LogP) is 2.93. The molecule has 0 bridgehead atoms. The number of halogens is 1. The van der Waals surface area contributed by atoms with Crippen LogP contribution in [0, 0.1) is 11.3 Å². The van der Waals surface area contributed by atoms with Gasteiger partial charge in [-0.25, -0.2) is 0 Å². The molecule has 2 rings (SSSR count). The lowest BCUT2D eigenvalue weighted by atomic mass is 10.4. The molecule has 0 saturated heterocycles. The topological polar surface area (TPSA) is 36.7 Å². The molecule has 2 aromatic rings. The fraction of sp³-hybridized carbons (Fsp3) is 0. The van der Waals surface area contributed by atoms with Crippen molar-refractivity contribution in [3.05, 3.63) is 27.7 Å². The molecule has 0 N–H and O–H groups in total. The molecule has 58 valence electrons. The highest BCUT2D eigenvalue weighted by Crippen LogP contribution is 2.32. The van der Waals surface area contributed by atoms with Crippen molar-refractivity contribution < 1.29 is 0 Å². The molecular weight excluding hydrogens is 236 g/mol. The molecule has 0 amide bonds. The molecule has 0 spiro atoms. The van der Waals surface area contributed by atoms with Gasteiger partial charge in [0.1, 0.15) is 10.9 Å². The highest BCUT2D eigenvalue weighted by atomic mass is 79.9. The van der Waals surface area contributed by atoms with Crippen molar-refractivity contribution in [1.82, 2.24) is 4.98 Å². The zero-order chi connectivity index (χ0) is 8.55. The summed E-state index contributed by atoms with van der Waals surface area (Å²) in [4.78, 5) is 4.85. The standard InChI is InChI=1S/C8H3BrN2S/c9-7-6(4-10)12-5-2-1-3-11-8(5)7/h1-3H. The van der Waals surface area contributed by atoms with Gasteiger partial charge in [-0.3, -0.25) is 4.98 Å². The van der Waals surface area contributed by atoms with Gasteiger partial charge >= 0.3 is 0 Å². The first-order chi connectivity index (χ1) is 5.83. The molecule has 2 heterocycles. The molecule has 2 nitrogen and oxygen atoms in total. The minimum absolute atomic E-state index is 0.684. The maximum atomic E-state index is 8.72. The first kappa shape index (κ1) is 7.71. The predicted molar refractivity (Wildman–Crippen MR) is 52.0 cm³/mol. The second-order valence-electron chi connectivity index (χ2n) is 2.21. The molecule has 0 radical (unpaired) electrons. The Balaban J connectivity index is 2.90. The van der Waals surface area contributed by atoms with Gasteiger partial charge in [-0.15, -0.1) is 11.3 Å². The fourth-order valence-electron chi connectivity index (χ4n) is 0.972. The first-order valence-corrected chi connectivity index (χ1v) is 4.87. The summed E-state index contributed by atoms with van der Waals surface area (Å²) in [5, 5.41) is 8.72. The lowest BCUT2D eigenvalue weighted by molar-refractivity contribution is 1.41. The minimum Gasteiger partial charge on any atom is -0.254 e. The van der Waals surface area contributed by atoms with Gasteiger partial charge in [0, 0.05) is 6.20 Å². The number of pyridine rings is 1. The van der Waals surface area contributed by atoms with Crippen LogP contribution >= 0.6 is 27.3 Å². The molecular formula is C8H3BrN2S. The Morgan fingerprint density at radius 2 is 2.42 bits per heavy atom. The van der Waals surface area contributed by atoms with Crippen LogP contribution in [-0.4, -0.2) is 4.98 Å². The Labute approximate surface area is 81.6 Å². The lowest BCUT2D eigenvalue weighted by Gasteiger charge is -1.85. The van der Waals surface area contributed by atoms with E-state index in [0.29, 0.717) is 4.88 Å². The first-order valence-electron chi connectivity index (χ1n) is 3.26. The van der Waals surface area contributed by atoms with E-state index >= 15 is 0 Å². The smallest absolute Gasteiger partial charge is 0.121 e. The molecule has 0 aliphatic heterocycles. The molecule has 0 aromatic carbocycles. The van der Waals surface area contributed by atoms with Crippen molar-refractivity contribution in [3.63, 3.8) is 0 Å². The number of thiophene rings is 1. The van der Waals surface area contributed by atoms with Gasteiger partial charge in [-0.2, -0.15) is 5.26 Å². The number of fused-ring (bicyclic) bond motifs is 1. The summed E-state index contributed by atoms with van der Waals surface area (Å²) >= 11 is 4.79. The molecule has 0 atom stereocenters. The maximum absolute atomic E-state index is 8.72. The molecule has 0 saturated carbocycles. The van der Waals surface area contributed by atoms with E-state index < -0.39 is 0 Å². The Morgan fingerprint density at radius 3 is 3.08 bits per heavy atom. The average molecular weight is 239 g/mol. The van der Waals surface area contributed by atoms with Crippen molar-refractivity contribution in [2.45, 2.75) is 0 Å². The van der Waals surface area contributed by atoms with Crippen LogP contribution in [0.1, 0.15) is 4.88 Å². The van der Waals surface area contributed by atoms with Gasteiger partial charge in [0.05, 0.1) is 14.7 Å². The van der Waals surface area contributed by atoms with Gasteiger partial charge in [-0.1, -0.05) is 0 Å². The van der Waals surface area contributed by atoms with E-state index in [0.717, 1.165) is 14.7 Å². The van der Waals surface area contributed by atoms with Crippen LogP contribution in [0.15, 0.2) is 22.8 Å². The van der Waals surface area contributed by atoms with Gasteiger partial charge in [-0.05, 0) is 28.1 Å². The Kier molecular flexibility index (Phi) is 1.83. The highest BCUT2D eigenvalue weighted by molar-refractivity contribution is 9.10. The molecule has 0 fully saturated rings. The number of nitriles is 1. The van der Waals surface area contributed by atoms with Crippen LogP contribution in [0.25, 0.3) is 10.2 Å². The Morgan fingerprint density at radius 1 is 1.58 bits per heavy atom. The molecule has 4 heteroatoms. The van der Waals surface area contributed by atoms with Gasteiger partial charge in [0.2, 0.25) is 0 Å². The summed E-state index contributed by atoms with van der Waals surface area (Å²) in [7, 11) is 0. The second kappa shape index (κ2) is 2.85. The van der Waals surface area contributed by atoms with E-state index in [4.69, 9.17) is 5.26 Å². The van der Waals surface area contributed by atoms with E-state index in [2.05, 4.69) is 27.0 Å². The fourth-order valence-corrected chi connectivity index (χ4v) is 2.60. The number of hydrogen-bond acceptors (Lipinski definition) is 3. The van der Waals surface area contributed by atoms with Crippen molar-refractivity contribution in [2.75, 3.05) is 0 Å². The van der Waals surface area contributed by atoms with Crippen LogP contribution in [-0.2, 0) is 0 Å². The van der Waals surface area contributed by atoms with Gasteiger partial charge in [0.25, 0.3) is 0 Å². The third-order valence-electron chi connectivity index (χ3n) is 1.49. The van der Waals surface area contributed by atoms with E-state index in [1.807, 2.05) is 12.1 Å². The van der Waals surface area contributed by atoms with E-state index in [1.54, 1.807) is 6.20 Å². The maximum Gasteiger partial charge on any atom is 0.121 e. The molecule has 12 heavy (non-hydrogen) atoms. The second-order valence-corrected chi connectivity index (χ2v) is 4.05. The highest BCUT2D eigenvalue weighted by Gasteiger charge is 2.08. The third kappa shape index (κ3) is 1.02. The van der Waals surface area contributed by atoms with Gasteiger partial charge < -0.3 is 0 Å². The summed E-state index contributed by atoms with van der Waals surface area (Å²) in [5.74, 6) is 0. The van der Waals surface area contributed by atoms with E-state index in [9.17, 15) is 0 Å². The summed E-state index contributed by atoms with van der Waals surface area (Å²) in [6.07, 6.45) is 1.72. The summed E-state index contributed by atoms with van der Waals surface area (Å²) in [6.45, 7) is 0. The van der Waals surface area contributed by atoms with E-state index in [-0.39, 0.29) is 0 Å². The Bertz CT molecular complexity index is 469. The number of aromatic nitrogens is 1. The van der Waals surface area contributed by atoms with Crippen LogP contribution in [0.4, 0.5) is 0 Å². The summed E-state index contributed by atoms with van der Waals surface area (Å²) < 4.78 is 1.85. The van der Waals surface area contributed by atoms with Crippen molar-refractivity contribution in [3.8, 4) is 6.07 Å². The number of rotatable bonds is 0. The zero-order valence-electron chi connectivity index (χ0n) is 5.91. The van der Waals surface area contributed by atoms with Crippen molar-refractivity contribution >= 4 is 37.5 Å². The molecule has 0 aliphatic rings. The SMILES string of the molecule is N#Cc1sc2cccnc2c1Br. The Hall–Kier alpha value is -0.920.